The van der Waals surface area contributed by atoms with Gasteiger partial charge in [-0.05, 0) is 83.5 Å². The van der Waals surface area contributed by atoms with Crippen molar-refractivity contribution in [1.82, 2.24) is 0 Å². The number of carboxylic acids is 1. The molecule has 0 saturated heterocycles. The van der Waals surface area contributed by atoms with Gasteiger partial charge in [0.25, 0.3) is 0 Å². The number of esters is 2. The van der Waals surface area contributed by atoms with E-state index in [2.05, 4.69) is 86.8 Å². The standard InChI is InChI=1S/C57H99NO8/c1-6-8-10-12-14-16-18-20-21-22-23-24-25-26-27-28-29-30-31-32-33-34-35-36-38-40-42-44-46-48-55(60)66-53(52-65-57(56(61)62)63-50-49-58(3,4)5)51-64-54(59)47-45-43-41-39-37-19-17-15-13-11-9-7-2/h8,10,14-17,20-21,23-24,26-27,53,57H,6-7,9,11-13,18-19,22,25,28-52H2,1-5H3/b10-8-,16-14-,17-15-,21-20-,24-23-,27-26-. The number of carbonyl (C=O) groups excluding carboxylic acids is 3. The Morgan fingerprint density at radius 1 is 0.470 bits per heavy atom. The zero-order chi connectivity index (χ0) is 48.4. The molecule has 0 spiro atoms. The molecule has 0 aliphatic rings. The molecule has 0 radical (unpaired) electrons. The van der Waals surface area contributed by atoms with Gasteiger partial charge in [0, 0.05) is 12.8 Å². The fourth-order valence-electron chi connectivity index (χ4n) is 7.09. The van der Waals surface area contributed by atoms with Crippen LogP contribution < -0.4 is 5.11 Å². The van der Waals surface area contributed by atoms with Crippen molar-refractivity contribution in [3.05, 3.63) is 72.9 Å². The number of hydrogen-bond donors (Lipinski definition) is 0. The maximum Gasteiger partial charge on any atom is 0.306 e. The van der Waals surface area contributed by atoms with Crippen molar-refractivity contribution in [2.24, 2.45) is 0 Å². The molecule has 2 unspecified atom stereocenters. The Bertz CT molecular complexity index is 1310. The van der Waals surface area contributed by atoms with Gasteiger partial charge in [0.2, 0.25) is 0 Å². The van der Waals surface area contributed by atoms with Gasteiger partial charge in [-0.25, -0.2) is 0 Å². The van der Waals surface area contributed by atoms with E-state index in [9.17, 15) is 19.5 Å². The first-order valence-electron chi connectivity index (χ1n) is 26.6. The fourth-order valence-corrected chi connectivity index (χ4v) is 7.09. The number of unbranched alkanes of at least 4 members (excludes halogenated alkanes) is 21. The third-order valence-electron chi connectivity index (χ3n) is 11.2. The number of hydrogen-bond acceptors (Lipinski definition) is 8. The van der Waals surface area contributed by atoms with Gasteiger partial charge in [-0.2, -0.15) is 0 Å². The van der Waals surface area contributed by atoms with Crippen LogP contribution in [0.15, 0.2) is 72.9 Å². The lowest BCUT2D eigenvalue weighted by atomic mass is 10.0. The van der Waals surface area contributed by atoms with E-state index in [4.69, 9.17) is 18.9 Å². The van der Waals surface area contributed by atoms with E-state index in [1.165, 1.54) is 89.9 Å². The minimum Gasteiger partial charge on any atom is -0.545 e. The van der Waals surface area contributed by atoms with Crippen molar-refractivity contribution in [2.75, 3.05) is 47.5 Å². The molecule has 0 aromatic rings. The SMILES string of the molecule is CC/C=C\C/C=C\C/C=C\C/C=C\C/C=C\CCCCCCCCCCCCCCCC(=O)OC(COC(=O)CCCCCCC/C=C\CCCCC)COC(OCC[N+](C)(C)C)C(=O)[O-]. The third-order valence-corrected chi connectivity index (χ3v) is 11.2. The molecule has 0 heterocycles. The van der Waals surface area contributed by atoms with Gasteiger partial charge >= 0.3 is 11.9 Å². The summed E-state index contributed by atoms with van der Waals surface area (Å²) in [5.41, 5.74) is 0. The average Bonchev–Trinajstić information content (AvgIpc) is 3.28. The molecule has 9 nitrogen and oxygen atoms in total. The molecule has 0 saturated carbocycles. The highest BCUT2D eigenvalue weighted by atomic mass is 16.7. The number of allylic oxidation sites excluding steroid dienone is 12. The van der Waals surface area contributed by atoms with E-state index in [0.29, 0.717) is 17.4 Å². The second-order valence-electron chi connectivity index (χ2n) is 18.8. The Morgan fingerprint density at radius 3 is 1.30 bits per heavy atom. The Hall–Kier alpha value is -3.27. The monoisotopic (exact) mass is 926 g/mol. The molecular formula is C57H99NO8. The third kappa shape index (κ3) is 48.7. The highest BCUT2D eigenvalue weighted by Gasteiger charge is 2.22. The smallest absolute Gasteiger partial charge is 0.306 e. The molecular weight excluding hydrogens is 827 g/mol. The Labute approximate surface area is 405 Å². The van der Waals surface area contributed by atoms with Crippen molar-refractivity contribution in [3.8, 4) is 0 Å². The average molecular weight is 926 g/mol. The predicted octanol–water partition coefficient (Wildman–Crippen LogP) is 13.7. The molecule has 0 N–H and O–H groups in total. The topological polar surface area (TPSA) is 111 Å². The predicted molar refractivity (Wildman–Crippen MR) is 274 cm³/mol. The first kappa shape index (κ1) is 62.7. The van der Waals surface area contributed by atoms with Crippen LogP contribution >= 0.6 is 0 Å². The largest absolute Gasteiger partial charge is 0.545 e. The summed E-state index contributed by atoms with van der Waals surface area (Å²) in [5, 5.41) is 11.7. The zero-order valence-electron chi connectivity index (χ0n) is 43.0. The van der Waals surface area contributed by atoms with Crippen molar-refractivity contribution >= 4 is 17.9 Å². The number of aliphatic carboxylic acids is 1. The summed E-state index contributed by atoms with van der Waals surface area (Å²) in [6, 6.07) is 0. The minimum atomic E-state index is -1.62. The molecule has 0 fully saturated rings. The lowest BCUT2D eigenvalue weighted by Gasteiger charge is -2.26. The summed E-state index contributed by atoms with van der Waals surface area (Å²) in [4.78, 5) is 37.1. The van der Waals surface area contributed by atoms with E-state index in [1.807, 2.05) is 21.1 Å². The van der Waals surface area contributed by atoms with Crippen LogP contribution in [0.25, 0.3) is 0 Å². The van der Waals surface area contributed by atoms with Gasteiger partial charge < -0.3 is 33.3 Å². The zero-order valence-corrected chi connectivity index (χ0v) is 43.0. The molecule has 9 heteroatoms. The minimum absolute atomic E-state index is 0.144. The van der Waals surface area contributed by atoms with Crippen LogP contribution in [0.2, 0.25) is 0 Å². The second-order valence-corrected chi connectivity index (χ2v) is 18.8. The molecule has 0 aromatic carbocycles. The molecule has 0 rings (SSSR count). The molecule has 0 amide bonds. The number of quaternary nitrogens is 1. The summed E-state index contributed by atoms with van der Waals surface area (Å²) in [5.74, 6) is -2.30. The summed E-state index contributed by atoms with van der Waals surface area (Å²) in [6.07, 6.45) is 58.0. The summed E-state index contributed by atoms with van der Waals surface area (Å²) < 4.78 is 22.6. The lowest BCUT2D eigenvalue weighted by Crippen LogP contribution is -2.44. The number of carbonyl (C=O) groups is 3. The molecule has 0 aliphatic carbocycles. The Balaban J connectivity index is 4.20. The molecule has 0 aromatic heterocycles. The molecule has 0 aliphatic heterocycles. The molecule has 2 atom stereocenters. The van der Waals surface area contributed by atoms with E-state index in [-0.39, 0.29) is 38.6 Å². The lowest BCUT2D eigenvalue weighted by molar-refractivity contribution is -0.870. The second kappa shape index (κ2) is 48.2. The first-order valence-corrected chi connectivity index (χ1v) is 26.6. The normalized spacial score (nSPS) is 13.4. The number of likely N-dealkylation sites (N-methyl/N-ethyl adjacent to an activating group) is 1. The van der Waals surface area contributed by atoms with Crippen LogP contribution in [0.3, 0.4) is 0 Å². The van der Waals surface area contributed by atoms with Crippen LogP contribution in [0.5, 0.6) is 0 Å². The molecule has 0 bridgehead atoms. The van der Waals surface area contributed by atoms with E-state index in [1.54, 1.807) is 0 Å². The number of nitrogens with zero attached hydrogens (tertiary/aromatic N) is 1. The quantitative estimate of drug-likeness (QED) is 0.0195. The highest BCUT2D eigenvalue weighted by molar-refractivity contribution is 5.70. The van der Waals surface area contributed by atoms with Gasteiger partial charge in [0.05, 0.1) is 40.3 Å². The van der Waals surface area contributed by atoms with E-state index in [0.717, 1.165) is 89.9 Å². The van der Waals surface area contributed by atoms with Crippen molar-refractivity contribution in [2.45, 2.75) is 225 Å². The Morgan fingerprint density at radius 2 is 0.864 bits per heavy atom. The van der Waals surface area contributed by atoms with Gasteiger partial charge in [0.1, 0.15) is 13.2 Å². The van der Waals surface area contributed by atoms with Crippen molar-refractivity contribution in [1.29, 1.82) is 0 Å². The number of rotatable bonds is 48. The van der Waals surface area contributed by atoms with Crippen molar-refractivity contribution in [3.63, 3.8) is 0 Å². The highest BCUT2D eigenvalue weighted by Crippen LogP contribution is 2.15. The van der Waals surface area contributed by atoms with Gasteiger partial charge in [-0.15, -0.1) is 0 Å². The van der Waals surface area contributed by atoms with Crippen LogP contribution in [0.4, 0.5) is 0 Å². The van der Waals surface area contributed by atoms with E-state index >= 15 is 0 Å². The Kier molecular flexibility index (Phi) is 45.8. The fraction of sp³-hybridized carbons (Fsp3) is 0.737. The molecule has 66 heavy (non-hydrogen) atoms. The van der Waals surface area contributed by atoms with E-state index < -0.39 is 24.3 Å². The van der Waals surface area contributed by atoms with Gasteiger partial charge in [-0.3, -0.25) is 9.59 Å². The number of carboxylic acid groups (broad SMARTS) is 1. The van der Waals surface area contributed by atoms with Crippen molar-refractivity contribution < 1.29 is 42.9 Å². The number of ether oxygens (including phenoxy) is 4. The van der Waals surface area contributed by atoms with Gasteiger partial charge in [-0.1, -0.05) is 189 Å². The summed E-state index contributed by atoms with van der Waals surface area (Å²) >= 11 is 0. The first-order chi connectivity index (χ1) is 32.1. The van der Waals surface area contributed by atoms with Crippen LogP contribution in [-0.2, 0) is 33.3 Å². The maximum absolute atomic E-state index is 12.8. The summed E-state index contributed by atoms with van der Waals surface area (Å²) in [6.45, 7) is 4.59. The summed E-state index contributed by atoms with van der Waals surface area (Å²) in [7, 11) is 5.91. The maximum atomic E-state index is 12.8. The molecule has 380 valence electrons. The van der Waals surface area contributed by atoms with Crippen LogP contribution in [0.1, 0.15) is 213 Å². The van der Waals surface area contributed by atoms with Gasteiger partial charge in [0.15, 0.2) is 12.4 Å². The van der Waals surface area contributed by atoms with Crippen LogP contribution in [0, 0.1) is 0 Å². The van der Waals surface area contributed by atoms with Crippen LogP contribution in [-0.4, -0.2) is 82.3 Å².